The van der Waals surface area contributed by atoms with E-state index in [0.717, 1.165) is 0 Å². The quantitative estimate of drug-likeness (QED) is 0.731. The minimum atomic E-state index is -0.748. The zero-order valence-electron chi connectivity index (χ0n) is 12.1. The van der Waals surface area contributed by atoms with Crippen molar-refractivity contribution in [3.05, 3.63) is 58.6 Å². The van der Waals surface area contributed by atoms with Crippen LogP contribution in [0.2, 0.25) is 10.0 Å². The van der Waals surface area contributed by atoms with Crippen molar-refractivity contribution < 1.29 is 4.79 Å². The molecule has 1 heterocycles. The number of benzene rings is 2. The summed E-state index contributed by atoms with van der Waals surface area (Å²) in [7, 11) is 0. The van der Waals surface area contributed by atoms with E-state index in [4.69, 9.17) is 23.2 Å². The maximum Gasteiger partial charge on any atom is 0.280 e. The summed E-state index contributed by atoms with van der Waals surface area (Å²) in [6.07, 6.45) is 0. The number of rotatable bonds is 3. The Labute approximate surface area is 143 Å². The van der Waals surface area contributed by atoms with Gasteiger partial charge in [0.25, 0.3) is 5.91 Å². The molecular weight excluding hydrogens is 335 g/mol. The molecule has 7 heteroatoms. The molecule has 0 radical (unpaired) electrons. The largest absolute Gasteiger partial charge is 0.280 e. The van der Waals surface area contributed by atoms with Crippen molar-refractivity contribution >= 4 is 46.2 Å². The van der Waals surface area contributed by atoms with Crippen molar-refractivity contribution in [2.75, 3.05) is 5.01 Å². The number of para-hydroxylation sites is 1. The minimum Gasteiger partial charge on any atom is -0.269 e. The van der Waals surface area contributed by atoms with Crippen LogP contribution in [0.15, 0.2) is 63.9 Å². The molecule has 0 bridgehead atoms. The predicted molar refractivity (Wildman–Crippen MR) is 91.8 cm³/mol. The van der Waals surface area contributed by atoms with Crippen LogP contribution in [0.25, 0.3) is 0 Å². The van der Waals surface area contributed by atoms with Crippen LogP contribution < -0.4 is 5.01 Å². The molecule has 0 saturated carbocycles. The van der Waals surface area contributed by atoms with Crippen LogP contribution in [0.4, 0.5) is 11.4 Å². The van der Waals surface area contributed by atoms with E-state index >= 15 is 0 Å². The van der Waals surface area contributed by atoms with Gasteiger partial charge in [0, 0.05) is 5.02 Å². The van der Waals surface area contributed by atoms with Gasteiger partial charge in [0.2, 0.25) is 0 Å². The molecule has 1 amide bonds. The third-order valence-corrected chi connectivity index (χ3v) is 3.83. The summed E-state index contributed by atoms with van der Waals surface area (Å²) in [6.45, 7) is 1.74. The van der Waals surface area contributed by atoms with Gasteiger partial charge < -0.3 is 0 Å². The maximum absolute atomic E-state index is 12.5. The molecule has 1 aliphatic heterocycles. The minimum absolute atomic E-state index is 0.248. The molecule has 2 aromatic rings. The molecule has 0 saturated heterocycles. The van der Waals surface area contributed by atoms with Gasteiger partial charge in [-0.05, 0) is 37.3 Å². The van der Waals surface area contributed by atoms with Crippen LogP contribution in [-0.4, -0.2) is 17.7 Å². The van der Waals surface area contributed by atoms with Crippen molar-refractivity contribution in [2.45, 2.75) is 13.0 Å². The monoisotopic (exact) mass is 346 g/mol. The zero-order chi connectivity index (χ0) is 16.4. The fraction of sp³-hybridized carbons (Fsp3) is 0.125. The molecule has 0 spiro atoms. The van der Waals surface area contributed by atoms with Crippen LogP contribution in [0.3, 0.4) is 0 Å². The van der Waals surface area contributed by atoms with E-state index < -0.39 is 6.04 Å². The van der Waals surface area contributed by atoms with E-state index in [1.165, 1.54) is 5.01 Å². The Kier molecular flexibility index (Phi) is 4.41. The average molecular weight is 347 g/mol. The van der Waals surface area contributed by atoms with Crippen molar-refractivity contribution in [2.24, 2.45) is 15.3 Å². The van der Waals surface area contributed by atoms with Gasteiger partial charge in [0.15, 0.2) is 6.04 Å². The molecule has 5 nitrogen and oxygen atoms in total. The second kappa shape index (κ2) is 6.48. The predicted octanol–water partition coefficient (Wildman–Crippen LogP) is 4.87. The summed E-state index contributed by atoms with van der Waals surface area (Å²) >= 11 is 11.9. The van der Waals surface area contributed by atoms with Gasteiger partial charge in [-0.3, -0.25) is 4.79 Å². The third-order valence-electron chi connectivity index (χ3n) is 3.29. The number of hydrogen-bond donors (Lipinski definition) is 0. The van der Waals surface area contributed by atoms with Crippen LogP contribution >= 0.6 is 23.2 Å². The molecule has 23 heavy (non-hydrogen) atoms. The Morgan fingerprint density at radius 3 is 2.57 bits per heavy atom. The van der Waals surface area contributed by atoms with E-state index in [2.05, 4.69) is 15.3 Å². The average Bonchev–Trinajstić information content (AvgIpc) is 2.82. The van der Waals surface area contributed by atoms with Crippen LogP contribution in [0, 0.1) is 0 Å². The lowest BCUT2D eigenvalue weighted by atomic mass is 10.2. The Morgan fingerprint density at radius 2 is 1.87 bits per heavy atom. The van der Waals surface area contributed by atoms with Gasteiger partial charge in [-0.15, -0.1) is 0 Å². The second-order valence-electron chi connectivity index (χ2n) is 4.94. The van der Waals surface area contributed by atoms with Gasteiger partial charge in [-0.25, -0.2) is 0 Å². The van der Waals surface area contributed by atoms with Crippen molar-refractivity contribution in [1.29, 1.82) is 0 Å². The molecule has 0 N–H and O–H groups in total. The highest BCUT2D eigenvalue weighted by atomic mass is 35.5. The molecule has 3 rings (SSSR count). The normalized spacial score (nSPS) is 17.9. The first-order valence-corrected chi connectivity index (χ1v) is 7.62. The number of carbonyl (C=O) groups is 1. The summed E-state index contributed by atoms with van der Waals surface area (Å²) in [5.41, 5.74) is 1.72. The van der Waals surface area contributed by atoms with Gasteiger partial charge in [-0.1, -0.05) is 41.4 Å². The number of nitrogens with zero attached hydrogens (tertiary/aromatic N) is 4. The van der Waals surface area contributed by atoms with E-state index in [9.17, 15) is 4.79 Å². The molecule has 1 aliphatic rings. The van der Waals surface area contributed by atoms with E-state index in [-0.39, 0.29) is 5.91 Å². The number of anilines is 1. The fourth-order valence-corrected chi connectivity index (χ4v) is 2.57. The van der Waals surface area contributed by atoms with Gasteiger partial charge in [-0.2, -0.15) is 20.3 Å². The summed E-state index contributed by atoms with van der Waals surface area (Å²) < 4.78 is 0. The first-order chi connectivity index (χ1) is 11.1. The zero-order valence-corrected chi connectivity index (χ0v) is 13.7. The first kappa shape index (κ1) is 15.6. The van der Waals surface area contributed by atoms with Crippen molar-refractivity contribution in [1.82, 2.24) is 0 Å². The Balaban J connectivity index is 1.83. The SMILES string of the molecule is CC1=NN(c2ccccc2)C(=O)[C@@H]1N=Nc1ccc(Cl)cc1Cl. The Bertz CT molecular complexity index is 805. The fourth-order valence-electron chi connectivity index (χ4n) is 2.13. The van der Waals surface area contributed by atoms with Gasteiger partial charge >= 0.3 is 0 Å². The van der Waals surface area contributed by atoms with Crippen LogP contribution in [0.5, 0.6) is 0 Å². The lowest BCUT2D eigenvalue weighted by Crippen LogP contribution is -2.29. The molecule has 2 aromatic carbocycles. The number of carbonyl (C=O) groups excluding carboxylic acids is 1. The highest BCUT2D eigenvalue weighted by molar-refractivity contribution is 6.36. The molecule has 0 aromatic heterocycles. The molecule has 116 valence electrons. The summed E-state index contributed by atoms with van der Waals surface area (Å²) in [6, 6.07) is 13.3. The van der Waals surface area contributed by atoms with E-state index in [1.807, 2.05) is 30.3 Å². The number of amides is 1. The number of hydrazone groups is 1. The number of hydrogen-bond acceptors (Lipinski definition) is 4. The molecule has 0 fully saturated rings. The van der Waals surface area contributed by atoms with Crippen LogP contribution in [-0.2, 0) is 4.79 Å². The van der Waals surface area contributed by atoms with Crippen LogP contribution in [0.1, 0.15) is 6.92 Å². The summed E-state index contributed by atoms with van der Waals surface area (Å²) in [4.78, 5) is 12.5. The highest BCUT2D eigenvalue weighted by Gasteiger charge is 2.34. The molecule has 1 atom stereocenters. The van der Waals surface area contributed by atoms with Crippen molar-refractivity contribution in [3.63, 3.8) is 0 Å². The van der Waals surface area contributed by atoms with Crippen molar-refractivity contribution in [3.8, 4) is 0 Å². The second-order valence-corrected chi connectivity index (χ2v) is 5.78. The Hall–Kier alpha value is -2.24. The lowest BCUT2D eigenvalue weighted by Gasteiger charge is -2.11. The third kappa shape index (κ3) is 3.25. The van der Waals surface area contributed by atoms with Gasteiger partial charge in [0.05, 0.1) is 16.4 Å². The molecule has 0 aliphatic carbocycles. The Morgan fingerprint density at radius 1 is 1.13 bits per heavy atom. The standard InChI is InChI=1S/C16H12Cl2N4O/c1-10-15(20-19-14-8-7-11(17)9-13(14)18)16(23)22(21-10)12-5-3-2-4-6-12/h2-9,15H,1H3/t15-/m1/s1. The van der Waals surface area contributed by atoms with E-state index in [1.54, 1.807) is 25.1 Å². The summed E-state index contributed by atoms with van der Waals surface area (Å²) in [5, 5.41) is 14.6. The van der Waals surface area contributed by atoms with E-state index in [0.29, 0.717) is 27.1 Å². The van der Waals surface area contributed by atoms with Gasteiger partial charge in [0.1, 0.15) is 5.69 Å². The number of azo groups is 1. The topological polar surface area (TPSA) is 57.4 Å². The summed E-state index contributed by atoms with van der Waals surface area (Å²) in [5.74, 6) is -0.248. The smallest absolute Gasteiger partial charge is 0.269 e. The maximum atomic E-state index is 12.5. The number of halogens is 2. The molecule has 0 unspecified atom stereocenters. The highest BCUT2D eigenvalue weighted by Crippen LogP contribution is 2.29. The first-order valence-electron chi connectivity index (χ1n) is 6.86. The molecular formula is C16H12Cl2N4O. The lowest BCUT2D eigenvalue weighted by molar-refractivity contribution is -0.117.